The third kappa shape index (κ3) is 1.93. The van der Waals surface area contributed by atoms with Gasteiger partial charge >= 0.3 is 0 Å². The van der Waals surface area contributed by atoms with Crippen molar-refractivity contribution in [2.75, 3.05) is 6.61 Å². The number of halogens is 1. The van der Waals surface area contributed by atoms with E-state index in [1.54, 1.807) is 0 Å². The van der Waals surface area contributed by atoms with E-state index in [-0.39, 0.29) is 12.6 Å². The summed E-state index contributed by atoms with van der Waals surface area (Å²) in [6.07, 6.45) is 2.48. The molecule has 4 N–H and O–H groups in total. The van der Waals surface area contributed by atoms with E-state index < -0.39 is 0 Å². The molecule has 1 atom stereocenters. The zero-order valence-electron chi connectivity index (χ0n) is 8.20. The highest BCUT2D eigenvalue weighted by Crippen LogP contribution is 2.29. The van der Waals surface area contributed by atoms with Gasteiger partial charge in [0.15, 0.2) is 0 Å². The largest absolute Gasteiger partial charge is 0.396 e. The summed E-state index contributed by atoms with van der Waals surface area (Å²) < 4.78 is 1.04. The summed E-state index contributed by atoms with van der Waals surface area (Å²) >= 11 is 3.47. The molecule has 0 fully saturated rings. The van der Waals surface area contributed by atoms with E-state index in [0.717, 1.165) is 20.9 Å². The minimum absolute atomic E-state index is 0.111. The fourth-order valence-corrected chi connectivity index (χ4v) is 2.19. The highest BCUT2D eigenvalue weighted by Gasteiger charge is 2.11. The quantitative estimate of drug-likeness (QED) is 0.800. The zero-order chi connectivity index (χ0) is 10.8. The SMILES string of the molecule is NC(CCO)c1cccc2c(Br)c[nH]c12. The molecule has 4 heteroatoms. The molecule has 0 saturated heterocycles. The zero-order valence-corrected chi connectivity index (χ0v) is 9.79. The number of benzene rings is 1. The van der Waals surface area contributed by atoms with Gasteiger partial charge in [-0.1, -0.05) is 18.2 Å². The van der Waals surface area contributed by atoms with Gasteiger partial charge in [0.25, 0.3) is 0 Å². The molecule has 0 aliphatic heterocycles. The second-order valence-electron chi connectivity index (χ2n) is 3.53. The molecule has 1 heterocycles. The van der Waals surface area contributed by atoms with Crippen molar-refractivity contribution in [3.05, 3.63) is 34.4 Å². The molecular formula is C11H13BrN2O. The van der Waals surface area contributed by atoms with Gasteiger partial charge in [-0.05, 0) is 27.9 Å². The summed E-state index contributed by atoms with van der Waals surface area (Å²) in [7, 11) is 0. The molecule has 1 unspecified atom stereocenters. The summed E-state index contributed by atoms with van der Waals surface area (Å²) in [5.74, 6) is 0. The Morgan fingerprint density at radius 1 is 1.47 bits per heavy atom. The van der Waals surface area contributed by atoms with E-state index >= 15 is 0 Å². The summed E-state index contributed by atoms with van der Waals surface area (Å²) in [5, 5.41) is 10.0. The molecule has 80 valence electrons. The van der Waals surface area contributed by atoms with E-state index in [1.807, 2.05) is 24.4 Å². The number of hydrogen-bond donors (Lipinski definition) is 3. The van der Waals surface area contributed by atoms with Crippen molar-refractivity contribution in [3.8, 4) is 0 Å². The second-order valence-corrected chi connectivity index (χ2v) is 4.38. The highest BCUT2D eigenvalue weighted by atomic mass is 79.9. The number of para-hydroxylation sites is 1. The van der Waals surface area contributed by atoms with Crippen LogP contribution in [0.4, 0.5) is 0 Å². The number of fused-ring (bicyclic) bond motifs is 1. The average Bonchev–Trinajstić information content (AvgIpc) is 2.61. The molecule has 0 aliphatic carbocycles. The van der Waals surface area contributed by atoms with Crippen molar-refractivity contribution in [1.82, 2.24) is 4.98 Å². The molecule has 3 nitrogen and oxygen atoms in total. The fourth-order valence-electron chi connectivity index (χ4n) is 1.75. The summed E-state index contributed by atoms with van der Waals surface area (Å²) in [5.41, 5.74) is 8.08. The molecule has 1 aromatic heterocycles. The van der Waals surface area contributed by atoms with Crippen molar-refractivity contribution in [1.29, 1.82) is 0 Å². The number of H-pyrrole nitrogens is 1. The maximum atomic E-state index is 8.88. The smallest absolute Gasteiger partial charge is 0.0514 e. The first-order chi connectivity index (χ1) is 7.24. The minimum atomic E-state index is -0.121. The molecule has 15 heavy (non-hydrogen) atoms. The van der Waals surface area contributed by atoms with Crippen molar-refractivity contribution < 1.29 is 5.11 Å². The van der Waals surface area contributed by atoms with E-state index in [1.165, 1.54) is 0 Å². The van der Waals surface area contributed by atoms with Crippen LogP contribution in [0.1, 0.15) is 18.0 Å². The number of nitrogens with one attached hydrogen (secondary N) is 1. The normalized spacial score (nSPS) is 13.3. The van der Waals surface area contributed by atoms with Gasteiger partial charge in [-0.2, -0.15) is 0 Å². The van der Waals surface area contributed by atoms with Crippen LogP contribution in [0.5, 0.6) is 0 Å². The van der Waals surface area contributed by atoms with Gasteiger partial charge in [0.05, 0.1) is 5.52 Å². The van der Waals surface area contributed by atoms with Crippen LogP contribution >= 0.6 is 15.9 Å². The number of rotatable bonds is 3. The summed E-state index contributed by atoms with van der Waals surface area (Å²) in [4.78, 5) is 3.19. The molecule has 0 bridgehead atoms. The van der Waals surface area contributed by atoms with Crippen LogP contribution in [-0.2, 0) is 0 Å². The van der Waals surface area contributed by atoms with Crippen LogP contribution in [0.15, 0.2) is 28.9 Å². The fraction of sp³-hybridized carbons (Fsp3) is 0.273. The number of nitrogens with two attached hydrogens (primary N) is 1. The Labute approximate surface area is 96.4 Å². The lowest BCUT2D eigenvalue weighted by Gasteiger charge is -2.11. The Bertz CT molecular complexity index is 467. The van der Waals surface area contributed by atoms with Crippen LogP contribution in [0.2, 0.25) is 0 Å². The van der Waals surface area contributed by atoms with Crippen molar-refractivity contribution in [2.45, 2.75) is 12.5 Å². The average molecular weight is 269 g/mol. The van der Waals surface area contributed by atoms with Crippen LogP contribution in [-0.4, -0.2) is 16.7 Å². The van der Waals surface area contributed by atoms with E-state index in [2.05, 4.69) is 20.9 Å². The topological polar surface area (TPSA) is 62.0 Å². The highest BCUT2D eigenvalue weighted by molar-refractivity contribution is 9.10. The molecule has 0 aliphatic rings. The van der Waals surface area contributed by atoms with Crippen LogP contribution in [0.3, 0.4) is 0 Å². The molecule has 1 aromatic carbocycles. The van der Waals surface area contributed by atoms with Gasteiger partial charge in [-0.15, -0.1) is 0 Å². The maximum absolute atomic E-state index is 8.88. The lowest BCUT2D eigenvalue weighted by atomic mass is 10.0. The molecule has 0 spiro atoms. The summed E-state index contributed by atoms with van der Waals surface area (Å²) in [6.45, 7) is 0.111. The molecule has 0 amide bonds. The van der Waals surface area contributed by atoms with Gasteiger partial charge in [0.2, 0.25) is 0 Å². The molecule has 0 radical (unpaired) electrons. The minimum Gasteiger partial charge on any atom is -0.396 e. The lowest BCUT2D eigenvalue weighted by Crippen LogP contribution is -2.12. The number of aliphatic hydroxyl groups is 1. The Kier molecular flexibility index (Phi) is 3.09. The van der Waals surface area contributed by atoms with Crippen LogP contribution in [0, 0.1) is 0 Å². The number of aromatic amines is 1. The Hall–Kier alpha value is -0.840. The molecule has 0 saturated carbocycles. The van der Waals surface area contributed by atoms with Gasteiger partial charge in [-0.25, -0.2) is 0 Å². The van der Waals surface area contributed by atoms with E-state index in [4.69, 9.17) is 10.8 Å². The molecule has 2 rings (SSSR count). The summed E-state index contributed by atoms with van der Waals surface area (Å²) in [6, 6.07) is 5.88. The standard InChI is InChI=1S/C11H13BrN2O/c12-9-6-14-11-7(9)2-1-3-8(11)10(13)4-5-15/h1-3,6,10,14-15H,4-5,13H2. The molecule has 2 aromatic rings. The van der Waals surface area contributed by atoms with Crippen LogP contribution < -0.4 is 5.73 Å². The van der Waals surface area contributed by atoms with E-state index in [9.17, 15) is 0 Å². The van der Waals surface area contributed by atoms with Crippen molar-refractivity contribution in [3.63, 3.8) is 0 Å². The first-order valence-corrected chi connectivity index (χ1v) is 5.65. The molecular weight excluding hydrogens is 256 g/mol. The lowest BCUT2D eigenvalue weighted by molar-refractivity contribution is 0.277. The van der Waals surface area contributed by atoms with E-state index in [0.29, 0.717) is 6.42 Å². The third-order valence-electron chi connectivity index (χ3n) is 2.54. The Balaban J connectivity index is 2.51. The van der Waals surface area contributed by atoms with Crippen LogP contribution in [0.25, 0.3) is 10.9 Å². The second kappa shape index (κ2) is 4.35. The number of aliphatic hydroxyl groups excluding tert-OH is 1. The van der Waals surface area contributed by atoms with Gasteiger partial charge in [0, 0.05) is 28.7 Å². The van der Waals surface area contributed by atoms with Crippen molar-refractivity contribution in [2.24, 2.45) is 5.73 Å². The third-order valence-corrected chi connectivity index (χ3v) is 3.19. The Morgan fingerprint density at radius 2 is 2.27 bits per heavy atom. The first kappa shape index (κ1) is 10.7. The van der Waals surface area contributed by atoms with Crippen molar-refractivity contribution >= 4 is 26.8 Å². The first-order valence-electron chi connectivity index (χ1n) is 4.86. The number of hydrogen-bond acceptors (Lipinski definition) is 2. The van der Waals surface area contributed by atoms with Gasteiger partial charge in [0.1, 0.15) is 0 Å². The maximum Gasteiger partial charge on any atom is 0.0514 e. The van der Waals surface area contributed by atoms with Gasteiger partial charge < -0.3 is 15.8 Å². The predicted molar refractivity (Wildman–Crippen MR) is 64.6 cm³/mol. The monoisotopic (exact) mass is 268 g/mol. The van der Waals surface area contributed by atoms with Gasteiger partial charge in [-0.3, -0.25) is 0 Å². The predicted octanol–water partition coefficient (Wildman–Crippen LogP) is 2.31. The Morgan fingerprint density at radius 3 is 3.00 bits per heavy atom. The number of aromatic nitrogens is 1.